The first-order valence-electron chi connectivity index (χ1n) is 8.48. The van der Waals surface area contributed by atoms with Gasteiger partial charge in [0, 0.05) is 12.6 Å². The minimum Gasteiger partial charge on any atom is -0.393 e. The van der Waals surface area contributed by atoms with E-state index in [-0.39, 0.29) is 0 Å². The molecule has 122 valence electrons. The van der Waals surface area contributed by atoms with Gasteiger partial charge < -0.3 is 16.4 Å². The van der Waals surface area contributed by atoms with Crippen LogP contribution in [0.5, 0.6) is 0 Å². The predicted molar refractivity (Wildman–Crippen MR) is 95.3 cm³/mol. The number of nitrogens with one attached hydrogen (secondary N) is 2. The zero-order valence-electron chi connectivity index (χ0n) is 13.5. The van der Waals surface area contributed by atoms with Gasteiger partial charge in [-0.05, 0) is 18.4 Å². The smallest absolute Gasteiger partial charge is 0.155 e. The molecule has 1 aromatic heterocycles. The molecule has 0 atom stereocenters. The van der Waals surface area contributed by atoms with Crippen molar-refractivity contribution in [1.82, 2.24) is 9.97 Å². The minimum absolute atomic E-state index is 0.469. The molecule has 23 heavy (non-hydrogen) atoms. The van der Waals surface area contributed by atoms with Gasteiger partial charge in [0.25, 0.3) is 0 Å². The number of aromatic nitrogens is 2. The first-order valence-corrected chi connectivity index (χ1v) is 8.48. The molecule has 0 saturated heterocycles. The maximum atomic E-state index is 6.25. The summed E-state index contributed by atoms with van der Waals surface area (Å²) in [5.41, 5.74) is 8.06. The zero-order valence-corrected chi connectivity index (χ0v) is 13.5. The Labute approximate surface area is 137 Å². The average molecular weight is 311 g/mol. The Morgan fingerprint density at radius 3 is 2.39 bits per heavy atom. The summed E-state index contributed by atoms with van der Waals surface area (Å²) in [4.78, 5) is 8.61. The molecule has 1 aliphatic rings. The molecule has 0 aliphatic heterocycles. The summed E-state index contributed by atoms with van der Waals surface area (Å²) in [5.74, 6) is 1.45. The maximum absolute atomic E-state index is 6.25. The fraction of sp³-hybridized carbons (Fsp3) is 0.444. The van der Waals surface area contributed by atoms with Crippen LogP contribution >= 0.6 is 0 Å². The van der Waals surface area contributed by atoms with Crippen molar-refractivity contribution < 1.29 is 0 Å². The van der Waals surface area contributed by atoms with Crippen molar-refractivity contribution in [3.8, 4) is 0 Å². The largest absolute Gasteiger partial charge is 0.393 e. The molecule has 0 radical (unpaired) electrons. The highest BCUT2D eigenvalue weighted by atomic mass is 15.1. The quantitative estimate of drug-likeness (QED) is 0.732. The molecule has 2 aromatic rings. The Bertz CT molecular complexity index is 606. The summed E-state index contributed by atoms with van der Waals surface area (Å²) in [6.45, 7) is 0.699. The third-order valence-corrected chi connectivity index (χ3v) is 4.38. The van der Waals surface area contributed by atoms with E-state index in [1.54, 1.807) is 6.33 Å². The van der Waals surface area contributed by atoms with Gasteiger partial charge in [-0.1, -0.05) is 56.0 Å². The van der Waals surface area contributed by atoms with E-state index in [0.717, 1.165) is 5.82 Å². The molecule has 3 rings (SSSR count). The first-order chi connectivity index (χ1) is 11.3. The molecule has 0 bridgehead atoms. The van der Waals surface area contributed by atoms with E-state index in [0.29, 0.717) is 24.1 Å². The second-order valence-corrected chi connectivity index (χ2v) is 6.16. The number of hydrogen-bond donors (Lipinski definition) is 3. The van der Waals surface area contributed by atoms with Gasteiger partial charge in [0.15, 0.2) is 11.6 Å². The molecular weight excluding hydrogens is 286 g/mol. The topological polar surface area (TPSA) is 75.9 Å². The van der Waals surface area contributed by atoms with Crippen molar-refractivity contribution in [2.75, 3.05) is 16.4 Å². The number of nitrogens with two attached hydrogens (primary N) is 1. The van der Waals surface area contributed by atoms with Gasteiger partial charge in [0.05, 0.1) is 0 Å². The highest BCUT2D eigenvalue weighted by Gasteiger charge is 2.15. The fourth-order valence-corrected chi connectivity index (χ4v) is 3.05. The summed E-state index contributed by atoms with van der Waals surface area (Å²) in [6.07, 6.45) is 9.18. The monoisotopic (exact) mass is 311 g/mol. The van der Waals surface area contributed by atoms with Crippen LogP contribution in [0.1, 0.15) is 44.1 Å². The lowest BCUT2D eigenvalue weighted by Crippen LogP contribution is -2.20. The summed E-state index contributed by atoms with van der Waals surface area (Å²) >= 11 is 0. The van der Waals surface area contributed by atoms with Gasteiger partial charge in [-0.15, -0.1) is 0 Å². The molecule has 1 aliphatic carbocycles. The Hall–Kier alpha value is -2.30. The van der Waals surface area contributed by atoms with E-state index in [1.807, 2.05) is 18.2 Å². The molecule has 5 heteroatoms. The second kappa shape index (κ2) is 7.81. The Balaban J connectivity index is 1.65. The van der Waals surface area contributed by atoms with E-state index < -0.39 is 0 Å². The predicted octanol–water partition coefficient (Wildman–Crippen LogP) is 3.81. The zero-order chi connectivity index (χ0) is 15.9. The number of anilines is 3. The van der Waals surface area contributed by atoms with Gasteiger partial charge in [-0.3, -0.25) is 0 Å². The van der Waals surface area contributed by atoms with Crippen LogP contribution in [0, 0.1) is 0 Å². The molecule has 0 spiro atoms. The molecule has 1 aromatic carbocycles. The van der Waals surface area contributed by atoms with E-state index in [9.17, 15) is 0 Å². The van der Waals surface area contributed by atoms with Crippen molar-refractivity contribution >= 4 is 17.3 Å². The highest BCUT2D eigenvalue weighted by molar-refractivity contribution is 5.74. The van der Waals surface area contributed by atoms with E-state index >= 15 is 0 Å². The number of hydrogen-bond acceptors (Lipinski definition) is 5. The molecular formula is C18H25N5. The lowest BCUT2D eigenvalue weighted by molar-refractivity contribution is 0.618. The summed E-state index contributed by atoms with van der Waals surface area (Å²) in [6, 6.07) is 10.7. The number of nitrogens with zero attached hydrogens (tertiary/aromatic N) is 2. The third kappa shape index (κ3) is 4.34. The van der Waals surface area contributed by atoms with Crippen LogP contribution in [0.2, 0.25) is 0 Å². The van der Waals surface area contributed by atoms with Crippen LogP contribution in [0.3, 0.4) is 0 Å². The van der Waals surface area contributed by atoms with E-state index in [2.05, 4.69) is 32.7 Å². The molecule has 4 N–H and O–H groups in total. The number of benzene rings is 1. The van der Waals surface area contributed by atoms with Crippen molar-refractivity contribution in [2.24, 2.45) is 0 Å². The summed E-state index contributed by atoms with van der Waals surface area (Å²) in [7, 11) is 0. The Morgan fingerprint density at radius 2 is 1.65 bits per heavy atom. The number of nitrogen functional groups attached to an aromatic ring is 1. The standard InChI is InChI=1S/C18H25N5/c19-16-17(20-12-14-8-4-3-5-9-14)21-13-22-18(16)23-15-10-6-1-2-7-11-15/h3-5,8-9,13,15H,1-2,6-7,10-12,19H2,(H2,20,21,22,23). The molecule has 1 fully saturated rings. The second-order valence-electron chi connectivity index (χ2n) is 6.16. The van der Waals surface area contributed by atoms with Gasteiger partial charge in [-0.2, -0.15) is 0 Å². The first kappa shape index (κ1) is 15.6. The van der Waals surface area contributed by atoms with Crippen molar-refractivity contribution in [3.63, 3.8) is 0 Å². The third-order valence-electron chi connectivity index (χ3n) is 4.38. The Kier molecular flexibility index (Phi) is 5.29. The number of rotatable bonds is 5. The van der Waals surface area contributed by atoms with E-state index in [1.165, 1.54) is 44.1 Å². The molecule has 5 nitrogen and oxygen atoms in total. The van der Waals surface area contributed by atoms with Crippen LogP contribution in [0.25, 0.3) is 0 Å². The van der Waals surface area contributed by atoms with Crippen molar-refractivity contribution in [2.45, 2.75) is 51.1 Å². The normalized spacial score (nSPS) is 15.8. The summed E-state index contributed by atoms with van der Waals surface area (Å²) < 4.78 is 0. The van der Waals surface area contributed by atoms with Gasteiger partial charge >= 0.3 is 0 Å². The molecule has 1 saturated carbocycles. The van der Waals surface area contributed by atoms with E-state index in [4.69, 9.17) is 5.73 Å². The van der Waals surface area contributed by atoms with Gasteiger partial charge in [0.2, 0.25) is 0 Å². The lowest BCUT2D eigenvalue weighted by Gasteiger charge is -2.19. The highest BCUT2D eigenvalue weighted by Crippen LogP contribution is 2.26. The molecule has 1 heterocycles. The fourth-order valence-electron chi connectivity index (χ4n) is 3.05. The SMILES string of the molecule is Nc1c(NCc2ccccc2)ncnc1NC1CCCCCC1. The van der Waals surface area contributed by atoms with Crippen LogP contribution in [0.4, 0.5) is 17.3 Å². The van der Waals surface area contributed by atoms with Gasteiger partial charge in [0.1, 0.15) is 12.0 Å². The van der Waals surface area contributed by atoms with Crippen LogP contribution in [0.15, 0.2) is 36.7 Å². The molecule has 0 unspecified atom stereocenters. The van der Waals surface area contributed by atoms with Crippen molar-refractivity contribution in [3.05, 3.63) is 42.2 Å². The van der Waals surface area contributed by atoms with Crippen LogP contribution < -0.4 is 16.4 Å². The molecule has 0 amide bonds. The Morgan fingerprint density at radius 1 is 0.957 bits per heavy atom. The van der Waals surface area contributed by atoms with Crippen LogP contribution in [-0.2, 0) is 6.54 Å². The lowest BCUT2D eigenvalue weighted by atomic mass is 10.1. The average Bonchev–Trinajstić information content (AvgIpc) is 2.85. The summed E-state index contributed by atoms with van der Waals surface area (Å²) in [5, 5.41) is 6.81. The van der Waals surface area contributed by atoms with Gasteiger partial charge in [-0.25, -0.2) is 9.97 Å². The van der Waals surface area contributed by atoms with Crippen molar-refractivity contribution in [1.29, 1.82) is 0 Å². The minimum atomic E-state index is 0.469. The maximum Gasteiger partial charge on any atom is 0.155 e. The van der Waals surface area contributed by atoms with Crippen LogP contribution in [-0.4, -0.2) is 16.0 Å².